The second kappa shape index (κ2) is 62.4. The van der Waals surface area contributed by atoms with Crippen molar-refractivity contribution >= 4 is 35.6 Å². The number of nitrogens with two attached hydrogens (primary N) is 2. The summed E-state index contributed by atoms with van der Waals surface area (Å²) in [6, 6.07) is -3.48. The Bertz CT molecular complexity index is 1890. The van der Waals surface area contributed by atoms with Gasteiger partial charge in [0, 0.05) is 200 Å². The van der Waals surface area contributed by atoms with Gasteiger partial charge in [0.25, 0.3) is 0 Å². The molecule has 0 radical (unpaired) electrons. The average molecular weight is 1360 g/mol. The molecule has 25 N–H and O–H groups in total. The molecule has 0 fully saturated rings. The molecule has 0 saturated heterocycles. The summed E-state index contributed by atoms with van der Waals surface area (Å²) in [5.41, 5.74) is 11.3. The number of nitrogens with one attached hydrogen (secondary N) is 19. The maximum Gasteiger partial charge on any atom is 0.325 e. The van der Waals surface area contributed by atoms with Crippen LogP contribution in [0.5, 0.6) is 0 Å². The molecule has 29 heteroatoms. The van der Waals surface area contributed by atoms with Crippen molar-refractivity contribution < 1.29 is 39.0 Å². The SMILES string of the molecule is CCCCNCCNCCNCCNCCNCCN[C@H](CNCCNCCNCCN[C@@H](CCCCN)CNCCN[C@H](CN[C@@H](C)CN[C@@H](C)CNCCN[C@@H](CC(C)C)C(=O)N[C@@H](CCC(N)=O)C(=O)N[C@H](C(=O)N[C@@H](C)C(=O)O)[C@@H](C)CC)CC(=O)O)[C@@H](C)CC. The minimum Gasteiger partial charge on any atom is -0.481 e. The Kier molecular flexibility index (Phi) is 59.9. The van der Waals surface area contributed by atoms with Gasteiger partial charge >= 0.3 is 11.9 Å². The van der Waals surface area contributed by atoms with Crippen LogP contribution >= 0.6 is 0 Å². The van der Waals surface area contributed by atoms with Crippen molar-refractivity contribution in [3.05, 3.63) is 0 Å². The zero-order valence-electron chi connectivity index (χ0n) is 60.8. The van der Waals surface area contributed by atoms with Gasteiger partial charge in [0.1, 0.15) is 18.1 Å². The zero-order valence-corrected chi connectivity index (χ0v) is 60.8. The maximum absolute atomic E-state index is 13.7. The average Bonchev–Trinajstić information content (AvgIpc) is 1.06. The van der Waals surface area contributed by atoms with Gasteiger partial charge in [-0.25, -0.2) is 0 Å². The first kappa shape index (κ1) is 91.1. The number of carbonyl (C=O) groups is 6. The molecule has 0 aromatic rings. The van der Waals surface area contributed by atoms with Crippen LogP contribution in [-0.4, -0.2) is 277 Å². The highest BCUT2D eigenvalue weighted by molar-refractivity contribution is 5.94. The smallest absolute Gasteiger partial charge is 0.325 e. The van der Waals surface area contributed by atoms with E-state index in [1.807, 2.05) is 20.8 Å². The monoisotopic (exact) mass is 1360 g/mol. The molecule has 560 valence electrons. The van der Waals surface area contributed by atoms with Crippen molar-refractivity contribution in [2.75, 3.05) is 177 Å². The molecule has 0 heterocycles. The first-order valence-electron chi connectivity index (χ1n) is 36.5. The molecule has 4 amide bonds. The highest BCUT2D eigenvalue weighted by Gasteiger charge is 2.33. The molecule has 0 saturated carbocycles. The summed E-state index contributed by atoms with van der Waals surface area (Å²) < 4.78 is 0. The number of rotatable bonds is 71. The minimum absolute atomic E-state index is 0.00472. The number of carboxylic acids is 2. The maximum atomic E-state index is 13.7. The molecular formula is C66H143N21O8. The molecule has 0 aliphatic rings. The third-order valence-electron chi connectivity index (χ3n) is 16.8. The molecule has 0 bridgehead atoms. The number of hydrogen-bond donors (Lipinski definition) is 23. The number of carboxylic acid groups (broad SMARTS) is 2. The van der Waals surface area contributed by atoms with Gasteiger partial charge in [0.15, 0.2) is 0 Å². The van der Waals surface area contributed by atoms with E-state index in [1.165, 1.54) is 19.8 Å². The van der Waals surface area contributed by atoms with E-state index in [0.29, 0.717) is 83.2 Å². The molecule has 95 heavy (non-hydrogen) atoms. The third-order valence-corrected chi connectivity index (χ3v) is 16.8. The van der Waals surface area contributed by atoms with Gasteiger partial charge in [-0.05, 0) is 83.7 Å². The molecule has 0 aliphatic heterocycles. The molecule has 0 spiro atoms. The first-order valence-corrected chi connectivity index (χ1v) is 36.5. The molecular weight excluding hydrogens is 1210 g/mol. The lowest BCUT2D eigenvalue weighted by Crippen LogP contribution is -2.59. The fourth-order valence-electron chi connectivity index (χ4n) is 10.3. The van der Waals surface area contributed by atoms with E-state index in [1.54, 1.807) is 6.92 Å². The van der Waals surface area contributed by atoms with E-state index in [-0.39, 0.29) is 49.2 Å². The van der Waals surface area contributed by atoms with Crippen LogP contribution in [0.4, 0.5) is 0 Å². The van der Waals surface area contributed by atoms with Crippen LogP contribution in [0.1, 0.15) is 140 Å². The van der Waals surface area contributed by atoms with Crippen molar-refractivity contribution in [2.24, 2.45) is 29.2 Å². The van der Waals surface area contributed by atoms with Crippen LogP contribution in [0.3, 0.4) is 0 Å². The number of primary amides is 1. The highest BCUT2D eigenvalue weighted by Crippen LogP contribution is 2.12. The highest BCUT2D eigenvalue weighted by atomic mass is 16.4. The molecule has 0 aromatic carbocycles. The largest absolute Gasteiger partial charge is 0.481 e. The summed E-state index contributed by atoms with van der Waals surface area (Å²) in [6.45, 7) is 42.6. The summed E-state index contributed by atoms with van der Waals surface area (Å²) in [5.74, 6) is -4.20. The Morgan fingerprint density at radius 1 is 0.411 bits per heavy atom. The number of aliphatic carboxylic acids is 2. The predicted octanol–water partition coefficient (Wildman–Crippen LogP) is -2.96. The second-order valence-electron chi connectivity index (χ2n) is 26.1. The van der Waals surface area contributed by atoms with Gasteiger partial charge < -0.3 is 123 Å². The van der Waals surface area contributed by atoms with Crippen LogP contribution in [-0.2, 0) is 28.8 Å². The van der Waals surface area contributed by atoms with E-state index in [0.717, 1.165) is 150 Å². The summed E-state index contributed by atoms with van der Waals surface area (Å²) in [4.78, 5) is 75.5. The summed E-state index contributed by atoms with van der Waals surface area (Å²) in [5, 5.41) is 83.4. The Morgan fingerprint density at radius 2 is 0.874 bits per heavy atom. The van der Waals surface area contributed by atoms with E-state index in [2.05, 4.69) is 136 Å². The van der Waals surface area contributed by atoms with Crippen molar-refractivity contribution in [1.29, 1.82) is 0 Å². The van der Waals surface area contributed by atoms with Gasteiger partial charge in [-0.1, -0.05) is 74.1 Å². The van der Waals surface area contributed by atoms with Gasteiger partial charge in [-0.3, -0.25) is 28.8 Å². The standard InChI is InChI=1S/C66H143N21O8/c1-11-14-21-69-22-23-70-24-25-71-26-27-72-28-31-75-35-40-82-59(50(6)12-2)48-78-33-32-73-29-30-74-34-38-79-55(17-15-16-20-67)46-77-36-39-80-56(43-61(89)90)47-84-53(9)45-83-52(8)44-76-37-41-81-58(42-49(4)5)64(92)86-57(18-19-60(68)88)63(91)87-62(51(7)13-3)65(93)85-54(10)66(94)95/h49-59,62,69-84H,11-48,67H2,1-10H3,(H2,68,88)(H,85,93)(H,86,92)(H,87,91)(H,89,90)(H,94,95)/t50-,51-,52-,53-,54-,55-,56-,57-,58-,59+,62-/m0/s1. The van der Waals surface area contributed by atoms with E-state index >= 15 is 0 Å². The van der Waals surface area contributed by atoms with Gasteiger partial charge in [0.05, 0.1) is 12.5 Å². The van der Waals surface area contributed by atoms with Crippen LogP contribution in [0.25, 0.3) is 0 Å². The Balaban J connectivity index is 4.62. The number of amides is 4. The van der Waals surface area contributed by atoms with Crippen molar-refractivity contribution in [2.45, 2.75) is 194 Å². The summed E-state index contributed by atoms with van der Waals surface area (Å²) >= 11 is 0. The molecule has 0 rings (SSSR count). The molecule has 29 nitrogen and oxygen atoms in total. The van der Waals surface area contributed by atoms with Gasteiger partial charge in [0.2, 0.25) is 23.6 Å². The lowest BCUT2D eigenvalue weighted by Gasteiger charge is -2.28. The summed E-state index contributed by atoms with van der Waals surface area (Å²) in [6.07, 6.45) is 7.35. The lowest BCUT2D eigenvalue weighted by atomic mass is 9.97. The minimum atomic E-state index is -1.23. The molecule has 11 atom stereocenters. The second-order valence-corrected chi connectivity index (χ2v) is 26.1. The normalized spacial score (nSPS) is 15.3. The van der Waals surface area contributed by atoms with E-state index in [9.17, 15) is 39.0 Å². The molecule has 0 aromatic heterocycles. The van der Waals surface area contributed by atoms with Crippen LogP contribution < -0.4 is 112 Å². The van der Waals surface area contributed by atoms with E-state index < -0.39 is 59.7 Å². The fraction of sp³-hybridized carbons (Fsp3) is 0.909. The molecule has 0 aliphatic carbocycles. The third kappa shape index (κ3) is 53.8. The van der Waals surface area contributed by atoms with Gasteiger partial charge in [-0.15, -0.1) is 0 Å². The zero-order chi connectivity index (χ0) is 70.7. The number of hydrogen-bond acceptors (Lipinski definition) is 23. The predicted molar refractivity (Wildman–Crippen MR) is 387 cm³/mol. The Morgan fingerprint density at radius 3 is 1.39 bits per heavy atom. The van der Waals surface area contributed by atoms with Crippen LogP contribution in [0, 0.1) is 17.8 Å². The van der Waals surface area contributed by atoms with Crippen LogP contribution in [0.2, 0.25) is 0 Å². The molecule has 0 unspecified atom stereocenters. The van der Waals surface area contributed by atoms with E-state index in [4.69, 9.17) is 11.5 Å². The topological polar surface area (TPSA) is 423 Å². The van der Waals surface area contributed by atoms with Crippen molar-refractivity contribution in [3.63, 3.8) is 0 Å². The van der Waals surface area contributed by atoms with Crippen molar-refractivity contribution in [1.82, 2.24) is 101 Å². The number of carbonyl (C=O) groups excluding carboxylic acids is 4. The first-order chi connectivity index (χ1) is 45.7. The van der Waals surface area contributed by atoms with Crippen molar-refractivity contribution in [3.8, 4) is 0 Å². The Hall–Kier alpha value is -3.86. The number of unbranched alkanes of at least 4 members (excludes halogenated alkanes) is 2. The van der Waals surface area contributed by atoms with Crippen LogP contribution in [0.15, 0.2) is 0 Å². The summed E-state index contributed by atoms with van der Waals surface area (Å²) in [7, 11) is 0. The fourth-order valence-corrected chi connectivity index (χ4v) is 10.3. The quantitative estimate of drug-likeness (QED) is 0.0271. The van der Waals surface area contributed by atoms with Gasteiger partial charge in [-0.2, -0.15) is 0 Å². The lowest BCUT2D eigenvalue weighted by molar-refractivity contribution is -0.142. The Labute approximate surface area is 573 Å².